The van der Waals surface area contributed by atoms with Gasteiger partial charge in [-0.05, 0) is 55.2 Å². The summed E-state index contributed by atoms with van der Waals surface area (Å²) in [4.78, 5) is 11.6. The van der Waals surface area contributed by atoms with Crippen LogP contribution in [0.15, 0.2) is 78.9 Å². The van der Waals surface area contributed by atoms with Crippen molar-refractivity contribution in [2.75, 3.05) is 0 Å². The number of nitrogens with zero attached hydrogens (tertiary/aromatic N) is 1. The Hall–Kier alpha value is -3.33. The second-order valence-corrected chi connectivity index (χ2v) is 7.28. The first kappa shape index (κ1) is 20.4. The molecule has 1 N–H and O–H groups in total. The number of benzene rings is 2. The average molecular weight is 386 g/mol. The van der Waals surface area contributed by atoms with E-state index in [0.29, 0.717) is 0 Å². The zero-order chi connectivity index (χ0) is 21.0. The molecule has 0 amide bonds. The van der Waals surface area contributed by atoms with Crippen LogP contribution in [0, 0.1) is 0 Å². The molecule has 148 valence electrons. The average Bonchev–Trinajstić information content (AvgIpc) is 3.13. The van der Waals surface area contributed by atoms with Crippen molar-refractivity contribution in [1.82, 2.24) is 4.57 Å². The Bertz CT molecular complexity index is 1070. The zero-order valence-corrected chi connectivity index (χ0v) is 17.4. The molecular formula is C26H27NO2. The number of hydrogen-bond acceptors (Lipinski definition) is 1. The molecule has 0 saturated heterocycles. The third-order valence-electron chi connectivity index (χ3n) is 4.97. The van der Waals surface area contributed by atoms with Gasteiger partial charge in [0.05, 0.1) is 11.3 Å². The van der Waals surface area contributed by atoms with Crippen LogP contribution in [-0.2, 0) is 0 Å². The van der Waals surface area contributed by atoms with Crippen molar-refractivity contribution in [3.05, 3.63) is 95.8 Å². The molecule has 3 heteroatoms. The van der Waals surface area contributed by atoms with E-state index in [-0.39, 0.29) is 11.5 Å². The lowest BCUT2D eigenvalue weighted by Gasteiger charge is -2.18. The standard InChI is InChI=1S/C26H27NO2/c1-5-11-19(6-2)24-17-23(20-12-8-7-9-13-20)25(18(3)4)27(24)22-15-10-14-21(16-22)26(28)29/h5-18H,1-4H3,(H,28,29)/b11-5-,19-6+. The molecule has 0 atom stereocenters. The molecule has 3 aromatic rings. The Morgan fingerprint density at radius 3 is 2.31 bits per heavy atom. The largest absolute Gasteiger partial charge is 0.478 e. The fourth-order valence-electron chi connectivity index (χ4n) is 3.72. The van der Waals surface area contributed by atoms with Crippen molar-refractivity contribution < 1.29 is 9.90 Å². The molecule has 0 unspecified atom stereocenters. The van der Waals surface area contributed by atoms with Crippen molar-refractivity contribution in [3.63, 3.8) is 0 Å². The minimum Gasteiger partial charge on any atom is -0.478 e. The predicted molar refractivity (Wildman–Crippen MR) is 121 cm³/mol. The Balaban J connectivity index is 2.39. The van der Waals surface area contributed by atoms with Gasteiger partial charge >= 0.3 is 5.97 Å². The van der Waals surface area contributed by atoms with Crippen molar-refractivity contribution in [3.8, 4) is 16.8 Å². The molecule has 1 aromatic heterocycles. The SMILES string of the molecule is C/C=C\C(=C/C)c1cc(-c2ccccc2)c(C(C)C)n1-c1cccc(C(=O)O)c1. The van der Waals surface area contributed by atoms with Crippen LogP contribution in [0.4, 0.5) is 0 Å². The predicted octanol–water partition coefficient (Wildman–Crippen LogP) is 6.95. The lowest BCUT2D eigenvalue weighted by molar-refractivity contribution is 0.0697. The summed E-state index contributed by atoms with van der Waals surface area (Å²) in [6.07, 6.45) is 6.20. The highest BCUT2D eigenvalue weighted by atomic mass is 16.4. The number of carboxylic acid groups (broad SMARTS) is 1. The molecule has 0 aliphatic carbocycles. The normalized spacial score (nSPS) is 12.1. The Morgan fingerprint density at radius 1 is 1.00 bits per heavy atom. The minimum absolute atomic E-state index is 0.246. The summed E-state index contributed by atoms with van der Waals surface area (Å²) in [5.74, 6) is -0.675. The maximum atomic E-state index is 11.6. The third kappa shape index (κ3) is 4.09. The topological polar surface area (TPSA) is 42.2 Å². The van der Waals surface area contributed by atoms with Crippen LogP contribution < -0.4 is 0 Å². The van der Waals surface area contributed by atoms with Crippen LogP contribution >= 0.6 is 0 Å². The molecule has 0 bridgehead atoms. The molecule has 3 nitrogen and oxygen atoms in total. The molecule has 29 heavy (non-hydrogen) atoms. The van der Waals surface area contributed by atoms with Gasteiger partial charge in [0, 0.05) is 16.9 Å². The summed E-state index contributed by atoms with van der Waals surface area (Å²) in [7, 11) is 0. The molecule has 1 heterocycles. The van der Waals surface area contributed by atoms with Crippen molar-refractivity contribution >= 4 is 11.5 Å². The summed E-state index contributed by atoms with van der Waals surface area (Å²) < 4.78 is 2.20. The molecule has 3 rings (SSSR count). The van der Waals surface area contributed by atoms with E-state index in [9.17, 15) is 9.90 Å². The van der Waals surface area contributed by atoms with Gasteiger partial charge in [0.15, 0.2) is 0 Å². The van der Waals surface area contributed by atoms with Gasteiger partial charge in [-0.3, -0.25) is 0 Å². The summed E-state index contributed by atoms with van der Waals surface area (Å²) in [5, 5.41) is 9.49. The first-order valence-electron chi connectivity index (χ1n) is 9.92. The monoisotopic (exact) mass is 385 g/mol. The highest BCUT2D eigenvalue weighted by Crippen LogP contribution is 2.37. The van der Waals surface area contributed by atoms with E-state index in [0.717, 1.165) is 28.2 Å². The number of rotatable bonds is 6. The van der Waals surface area contributed by atoms with Crippen LogP contribution in [0.3, 0.4) is 0 Å². The molecule has 2 aromatic carbocycles. The van der Waals surface area contributed by atoms with E-state index in [1.54, 1.807) is 18.2 Å². The number of allylic oxidation sites excluding steroid dienone is 4. The molecule has 0 saturated carbocycles. The Kier molecular flexibility index (Phi) is 6.18. The van der Waals surface area contributed by atoms with E-state index in [1.165, 1.54) is 5.56 Å². The third-order valence-corrected chi connectivity index (χ3v) is 4.97. The van der Waals surface area contributed by atoms with E-state index >= 15 is 0 Å². The van der Waals surface area contributed by atoms with Gasteiger partial charge in [-0.1, -0.05) is 68.5 Å². The lowest BCUT2D eigenvalue weighted by atomic mass is 9.99. The smallest absolute Gasteiger partial charge is 0.335 e. The van der Waals surface area contributed by atoms with E-state index < -0.39 is 5.97 Å². The van der Waals surface area contributed by atoms with Crippen LogP contribution in [0.1, 0.15) is 55.4 Å². The second kappa shape index (κ2) is 8.78. The number of aromatic carboxylic acids is 1. The second-order valence-electron chi connectivity index (χ2n) is 7.28. The molecule has 0 radical (unpaired) electrons. The van der Waals surface area contributed by atoms with Crippen LogP contribution in [-0.4, -0.2) is 15.6 Å². The van der Waals surface area contributed by atoms with Gasteiger partial charge in [-0.2, -0.15) is 0 Å². The first-order chi connectivity index (χ1) is 14.0. The van der Waals surface area contributed by atoms with Crippen molar-refractivity contribution in [1.29, 1.82) is 0 Å². The summed E-state index contributed by atoms with van der Waals surface area (Å²) in [6.45, 7) is 8.38. The maximum Gasteiger partial charge on any atom is 0.335 e. The van der Waals surface area contributed by atoms with E-state index in [2.05, 4.69) is 48.8 Å². The summed E-state index contributed by atoms with van der Waals surface area (Å²) >= 11 is 0. The van der Waals surface area contributed by atoms with E-state index in [1.807, 2.05) is 44.2 Å². The Labute approximate surface area is 172 Å². The fourth-order valence-corrected chi connectivity index (χ4v) is 3.72. The first-order valence-corrected chi connectivity index (χ1v) is 9.92. The number of carbonyl (C=O) groups is 1. The van der Waals surface area contributed by atoms with Crippen LogP contribution in [0.5, 0.6) is 0 Å². The van der Waals surface area contributed by atoms with Gasteiger partial charge in [-0.15, -0.1) is 0 Å². The van der Waals surface area contributed by atoms with Gasteiger partial charge in [0.2, 0.25) is 0 Å². The van der Waals surface area contributed by atoms with Crippen molar-refractivity contribution in [2.45, 2.75) is 33.6 Å². The van der Waals surface area contributed by atoms with Gasteiger partial charge < -0.3 is 9.67 Å². The number of carboxylic acids is 1. The highest BCUT2D eigenvalue weighted by molar-refractivity contribution is 5.88. The van der Waals surface area contributed by atoms with Crippen molar-refractivity contribution in [2.24, 2.45) is 0 Å². The van der Waals surface area contributed by atoms with Gasteiger partial charge in [0.1, 0.15) is 0 Å². The Morgan fingerprint density at radius 2 is 1.72 bits per heavy atom. The van der Waals surface area contributed by atoms with E-state index in [4.69, 9.17) is 0 Å². The molecule has 0 aliphatic rings. The fraction of sp³-hybridized carbons (Fsp3) is 0.192. The lowest BCUT2D eigenvalue weighted by Crippen LogP contribution is -2.07. The minimum atomic E-state index is -0.922. The maximum absolute atomic E-state index is 11.6. The zero-order valence-electron chi connectivity index (χ0n) is 17.4. The molecular weight excluding hydrogens is 358 g/mol. The van der Waals surface area contributed by atoms with Crippen LogP contribution in [0.2, 0.25) is 0 Å². The quantitative estimate of drug-likeness (QED) is 0.467. The molecule has 0 fully saturated rings. The van der Waals surface area contributed by atoms with Gasteiger partial charge in [-0.25, -0.2) is 4.79 Å². The summed E-state index contributed by atoms with van der Waals surface area (Å²) in [5.41, 5.74) is 6.77. The summed E-state index contributed by atoms with van der Waals surface area (Å²) in [6, 6.07) is 19.7. The molecule has 0 spiro atoms. The van der Waals surface area contributed by atoms with Gasteiger partial charge in [0.25, 0.3) is 0 Å². The highest BCUT2D eigenvalue weighted by Gasteiger charge is 2.21. The van der Waals surface area contributed by atoms with Crippen LogP contribution in [0.25, 0.3) is 22.4 Å². The number of hydrogen-bond donors (Lipinski definition) is 1. The molecule has 0 aliphatic heterocycles. The number of aromatic nitrogens is 1.